The topological polar surface area (TPSA) is 100 Å². The van der Waals surface area contributed by atoms with Gasteiger partial charge >= 0.3 is 35.7 Å². The second-order valence-corrected chi connectivity index (χ2v) is 8.14. The van der Waals surface area contributed by atoms with E-state index in [1.807, 2.05) is 4.57 Å². The standard InChI is InChI=1S/C21H26N2O5.Na/c1-21(2,3)28-20(27)22-8-4-6-13-10-14-7-5-9-23-12-16(19(25)26)18(24)15(11-13)17(14)23;/h10-12H,4-9H2,1-3H3,(H,22,27)(H,25,26);/q;+1/p-1. The first kappa shape index (κ1) is 23.4. The summed E-state index contributed by atoms with van der Waals surface area (Å²) in [5.74, 6) is -1.45. The maximum atomic E-state index is 12.6. The number of benzene rings is 1. The Kier molecular flexibility index (Phi) is 7.54. The molecule has 1 aliphatic rings. The third-order valence-electron chi connectivity index (χ3n) is 4.69. The van der Waals surface area contributed by atoms with Crippen molar-refractivity contribution in [1.82, 2.24) is 9.88 Å². The van der Waals surface area contributed by atoms with Gasteiger partial charge in [0.15, 0.2) is 5.43 Å². The fourth-order valence-electron chi connectivity index (χ4n) is 3.59. The molecule has 0 aliphatic carbocycles. The molecule has 0 saturated carbocycles. The Labute approximate surface area is 191 Å². The van der Waals surface area contributed by atoms with E-state index in [-0.39, 0.29) is 35.1 Å². The van der Waals surface area contributed by atoms with E-state index in [4.69, 9.17) is 4.74 Å². The fraction of sp³-hybridized carbons (Fsp3) is 0.476. The van der Waals surface area contributed by atoms with E-state index in [2.05, 4.69) is 11.4 Å². The monoisotopic (exact) mass is 408 g/mol. The first-order valence-electron chi connectivity index (χ1n) is 9.53. The number of carbonyl (C=O) groups is 2. The Morgan fingerprint density at radius 1 is 1.28 bits per heavy atom. The van der Waals surface area contributed by atoms with Crippen molar-refractivity contribution < 1.29 is 49.0 Å². The molecule has 0 unspecified atom stereocenters. The van der Waals surface area contributed by atoms with E-state index in [0.29, 0.717) is 31.3 Å². The molecule has 1 amide bonds. The van der Waals surface area contributed by atoms with Crippen LogP contribution in [-0.4, -0.2) is 28.8 Å². The summed E-state index contributed by atoms with van der Waals surface area (Å²) in [5.41, 5.74) is 1.49. The van der Waals surface area contributed by atoms with Crippen LogP contribution in [0.4, 0.5) is 4.79 Å². The minimum absolute atomic E-state index is 0. The summed E-state index contributed by atoms with van der Waals surface area (Å²) in [6.45, 7) is 6.55. The van der Waals surface area contributed by atoms with Gasteiger partial charge in [-0.15, -0.1) is 0 Å². The molecule has 7 nitrogen and oxygen atoms in total. The molecule has 0 bridgehead atoms. The first-order chi connectivity index (χ1) is 13.2. The summed E-state index contributed by atoms with van der Waals surface area (Å²) in [4.78, 5) is 35.6. The normalized spacial score (nSPS) is 12.9. The van der Waals surface area contributed by atoms with Crippen molar-refractivity contribution in [1.29, 1.82) is 0 Å². The van der Waals surface area contributed by atoms with Crippen LogP contribution in [0.1, 0.15) is 55.1 Å². The molecule has 0 spiro atoms. The van der Waals surface area contributed by atoms with Crippen LogP contribution in [0.3, 0.4) is 0 Å². The molecule has 2 aromatic rings. The summed E-state index contributed by atoms with van der Waals surface area (Å²) in [6, 6.07) is 3.84. The number of rotatable bonds is 5. The van der Waals surface area contributed by atoms with Crippen LogP contribution in [0.2, 0.25) is 0 Å². The van der Waals surface area contributed by atoms with Crippen molar-refractivity contribution in [3.63, 3.8) is 0 Å². The predicted molar refractivity (Wildman–Crippen MR) is 103 cm³/mol. The first-order valence-corrected chi connectivity index (χ1v) is 9.53. The molecular formula is C21H25N2NaO5. The Bertz CT molecular complexity index is 991. The Hall–Kier alpha value is -1.83. The van der Waals surface area contributed by atoms with Gasteiger partial charge in [-0.2, -0.15) is 0 Å². The van der Waals surface area contributed by atoms with Gasteiger partial charge in [0, 0.05) is 24.7 Å². The van der Waals surface area contributed by atoms with Crippen LogP contribution >= 0.6 is 0 Å². The molecule has 0 saturated heterocycles. The molecule has 1 aromatic heterocycles. The minimum atomic E-state index is -1.45. The van der Waals surface area contributed by atoms with Crippen molar-refractivity contribution in [2.24, 2.45) is 0 Å². The number of nitrogens with one attached hydrogen (secondary N) is 1. The second kappa shape index (κ2) is 9.32. The van der Waals surface area contributed by atoms with Crippen molar-refractivity contribution in [3.8, 4) is 0 Å². The Morgan fingerprint density at radius 2 is 2.00 bits per heavy atom. The zero-order valence-corrected chi connectivity index (χ0v) is 19.5. The summed E-state index contributed by atoms with van der Waals surface area (Å²) < 4.78 is 7.04. The summed E-state index contributed by atoms with van der Waals surface area (Å²) in [5, 5.41) is 14.5. The minimum Gasteiger partial charge on any atom is -0.545 e. The Morgan fingerprint density at radius 3 is 2.66 bits per heavy atom. The van der Waals surface area contributed by atoms with E-state index in [0.717, 1.165) is 29.5 Å². The average Bonchev–Trinajstić information content (AvgIpc) is 2.59. The quantitative estimate of drug-likeness (QED) is 0.493. The van der Waals surface area contributed by atoms with Crippen molar-refractivity contribution in [2.75, 3.05) is 6.54 Å². The number of alkyl carbamates (subject to hydrolysis) is 1. The molecule has 8 heteroatoms. The number of pyridine rings is 1. The van der Waals surface area contributed by atoms with E-state index >= 15 is 0 Å². The van der Waals surface area contributed by atoms with Crippen molar-refractivity contribution in [3.05, 3.63) is 45.2 Å². The number of hydrogen-bond donors (Lipinski definition) is 1. The summed E-state index contributed by atoms with van der Waals surface area (Å²) >= 11 is 0. The van der Waals surface area contributed by atoms with E-state index in [1.165, 1.54) is 6.20 Å². The molecule has 3 rings (SSSR count). The molecule has 29 heavy (non-hydrogen) atoms. The van der Waals surface area contributed by atoms with Crippen LogP contribution in [0.15, 0.2) is 23.1 Å². The number of amides is 1. The smallest absolute Gasteiger partial charge is 0.545 e. The van der Waals surface area contributed by atoms with Crippen molar-refractivity contribution >= 4 is 23.0 Å². The second-order valence-electron chi connectivity index (χ2n) is 8.14. The molecule has 0 radical (unpaired) electrons. The van der Waals surface area contributed by atoms with E-state index in [1.54, 1.807) is 26.8 Å². The maximum Gasteiger partial charge on any atom is 1.00 e. The number of carboxylic acid groups (broad SMARTS) is 1. The van der Waals surface area contributed by atoms with Gasteiger partial charge in [-0.25, -0.2) is 4.79 Å². The van der Waals surface area contributed by atoms with Crippen LogP contribution in [0.25, 0.3) is 10.9 Å². The van der Waals surface area contributed by atoms with Crippen LogP contribution in [-0.2, 0) is 24.1 Å². The average molecular weight is 408 g/mol. The van der Waals surface area contributed by atoms with Gasteiger partial charge in [0.05, 0.1) is 17.0 Å². The Balaban J connectivity index is 0.00000300. The molecular weight excluding hydrogens is 383 g/mol. The maximum absolute atomic E-state index is 12.6. The summed E-state index contributed by atoms with van der Waals surface area (Å²) in [7, 11) is 0. The van der Waals surface area contributed by atoms with Gasteiger partial charge < -0.3 is 24.5 Å². The van der Waals surface area contributed by atoms with Gasteiger partial charge in [-0.3, -0.25) is 4.79 Å². The number of nitrogens with zero attached hydrogens (tertiary/aromatic N) is 1. The van der Waals surface area contributed by atoms with Gasteiger partial charge in [0.25, 0.3) is 0 Å². The molecule has 150 valence electrons. The van der Waals surface area contributed by atoms with Gasteiger partial charge in [0.2, 0.25) is 0 Å². The molecule has 2 heterocycles. The number of carbonyl (C=O) groups excluding carboxylic acids is 2. The summed E-state index contributed by atoms with van der Waals surface area (Å²) in [6.07, 6.45) is 4.02. The fourth-order valence-corrected chi connectivity index (χ4v) is 3.59. The number of ether oxygens (including phenoxy) is 1. The number of carboxylic acids is 1. The zero-order chi connectivity index (χ0) is 20.5. The van der Waals surface area contributed by atoms with Gasteiger partial charge in [-0.1, -0.05) is 6.07 Å². The molecule has 1 aliphatic heterocycles. The third kappa shape index (κ3) is 5.62. The zero-order valence-electron chi connectivity index (χ0n) is 17.5. The van der Waals surface area contributed by atoms with Gasteiger partial charge in [-0.05, 0) is 63.6 Å². The number of aromatic nitrogens is 1. The van der Waals surface area contributed by atoms with E-state index < -0.39 is 23.1 Å². The predicted octanol–water partition coefficient (Wildman–Crippen LogP) is -1.23. The van der Waals surface area contributed by atoms with Crippen LogP contribution in [0.5, 0.6) is 0 Å². The third-order valence-corrected chi connectivity index (χ3v) is 4.69. The van der Waals surface area contributed by atoms with E-state index in [9.17, 15) is 19.5 Å². The van der Waals surface area contributed by atoms with Crippen LogP contribution in [0, 0.1) is 0 Å². The molecule has 0 atom stereocenters. The number of aryl methyl sites for hydroxylation is 3. The molecule has 1 aromatic carbocycles. The largest absolute Gasteiger partial charge is 1.00 e. The SMILES string of the molecule is CC(C)(C)OC(=O)NCCCc1cc2c3c(c1)c(=O)c(C(=O)[O-])cn3CCC2.[Na+]. The van der Waals surface area contributed by atoms with Gasteiger partial charge in [0.1, 0.15) is 5.60 Å². The van der Waals surface area contributed by atoms with Crippen LogP contribution < -0.4 is 45.4 Å². The number of hydrogen-bond acceptors (Lipinski definition) is 5. The molecule has 1 N–H and O–H groups in total. The molecule has 0 fully saturated rings. The number of aromatic carboxylic acids is 1. The van der Waals surface area contributed by atoms with Crippen molar-refractivity contribution in [2.45, 2.75) is 58.6 Å².